The lowest BCUT2D eigenvalue weighted by molar-refractivity contribution is -0.142. The van der Waals surface area contributed by atoms with E-state index in [1.54, 1.807) is 14.2 Å². The van der Waals surface area contributed by atoms with E-state index in [9.17, 15) is 4.79 Å². The minimum Gasteiger partial charge on any atom is -0.462 e. The Hall–Kier alpha value is -0.805. The highest BCUT2D eigenvalue weighted by molar-refractivity contribution is 6.12. The Morgan fingerprint density at radius 1 is 1.53 bits per heavy atom. The van der Waals surface area contributed by atoms with Crippen LogP contribution in [0, 0.1) is 11.8 Å². The van der Waals surface area contributed by atoms with Crippen LogP contribution in [0.1, 0.15) is 12.8 Å². The van der Waals surface area contributed by atoms with Gasteiger partial charge in [0, 0.05) is 38.5 Å². The summed E-state index contributed by atoms with van der Waals surface area (Å²) in [7, 11) is 5.39. The summed E-state index contributed by atoms with van der Waals surface area (Å²) in [4.78, 5) is 11.3. The molecule has 2 rings (SSSR count). The molecule has 0 aromatic heterocycles. The van der Waals surface area contributed by atoms with E-state index in [-0.39, 0.29) is 36.0 Å². The van der Waals surface area contributed by atoms with Crippen LogP contribution in [0.5, 0.6) is 0 Å². The highest BCUT2D eigenvalue weighted by atomic mass is 16.6. The molecule has 0 radical (unpaired) electrons. The highest BCUT2D eigenvalue weighted by Crippen LogP contribution is 2.43. The van der Waals surface area contributed by atoms with Crippen LogP contribution in [-0.2, 0) is 19.0 Å². The summed E-state index contributed by atoms with van der Waals surface area (Å²) >= 11 is 0. The Balaban J connectivity index is 2.06. The quantitative estimate of drug-likeness (QED) is 0.396. The summed E-state index contributed by atoms with van der Waals surface area (Å²) in [6, 6.07) is 0.0876. The van der Waals surface area contributed by atoms with Crippen molar-refractivity contribution in [2.24, 2.45) is 11.8 Å². The van der Waals surface area contributed by atoms with E-state index in [1.165, 1.54) is 0 Å². The summed E-state index contributed by atoms with van der Waals surface area (Å²) in [5, 5.41) is 0. The normalized spacial score (nSPS) is 38.4. The molecule has 4 nitrogen and oxygen atoms in total. The van der Waals surface area contributed by atoms with Crippen molar-refractivity contribution in [3.05, 3.63) is 12.2 Å². The molecule has 1 unspecified atom stereocenters. The van der Waals surface area contributed by atoms with Gasteiger partial charge in [0.25, 0.3) is 0 Å². The molecule has 1 heterocycles. The average molecular weight is 238 g/mol. The van der Waals surface area contributed by atoms with Crippen molar-refractivity contribution in [1.29, 1.82) is 0 Å². The third-order valence-electron chi connectivity index (χ3n) is 3.83. The van der Waals surface area contributed by atoms with Gasteiger partial charge in [-0.2, -0.15) is 0 Å². The predicted octanol–water partition coefficient (Wildman–Crippen LogP) is 0.115. The molecule has 2 fully saturated rings. The van der Waals surface area contributed by atoms with Crippen molar-refractivity contribution in [2.75, 3.05) is 14.2 Å². The number of ether oxygens (including phenoxy) is 3. The van der Waals surface area contributed by atoms with Gasteiger partial charge in [-0.15, -0.1) is 0 Å². The number of hydrogen-bond acceptors (Lipinski definition) is 4. The van der Waals surface area contributed by atoms with Crippen LogP contribution < -0.4 is 0 Å². The zero-order chi connectivity index (χ0) is 12.4. The van der Waals surface area contributed by atoms with Gasteiger partial charge < -0.3 is 14.2 Å². The van der Waals surface area contributed by atoms with E-state index >= 15 is 0 Å². The Bertz CT molecular complexity index is 318. The fraction of sp³-hybridized carbons (Fsp3) is 0.750. The van der Waals surface area contributed by atoms with E-state index in [0.29, 0.717) is 6.42 Å². The molecule has 2 aliphatic rings. The van der Waals surface area contributed by atoms with E-state index in [2.05, 4.69) is 6.08 Å². The van der Waals surface area contributed by atoms with Crippen molar-refractivity contribution < 1.29 is 19.0 Å². The van der Waals surface area contributed by atoms with Crippen LogP contribution in [-0.4, -0.2) is 46.2 Å². The molecule has 5 atom stereocenters. The monoisotopic (exact) mass is 238 g/mol. The SMILES string of the molecule is BC(/C=C/[C@@H]1[C@H]2CC(=O)O[C@H]2C[C@H]1OC)OC. The highest BCUT2D eigenvalue weighted by Gasteiger charge is 2.49. The van der Waals surface area contributed by atoms with Gasteiger partial charge in [-0.25, -0.2) is 0 Å². The standard InChI is InChI=1S/C12H19BO4/c1-15-9-6-10-8(5-12(14)17-10)7(9)3-4-11(13)16-2/h3-4,7-11H,5-6,13H2,1-2H3/b4-3+/t7-,8-,9-,10+,11?/m1/s1. The third-order valence-corrected chi connectivity index (χ3v) is 3.83. The van der Waals surface area contributed by atoms with Gasteiger partial charge in [-0.05, 0) is 0 Å². The maximum Gasteiger partial charge on any atom is 0.306 e. The molecule has 0 N–H and O–H groups in total. The lowest BCUT2D eigenvalue weighted by Gasteiger charge is -2.18. The summed E-state index contributed by atoms with van der Waals surface area (Å²) in [6.07, 6.45) is 5.67. The van der Waals surface area contributed by atoms with Crippen LogP contribution >= 0.6 is 0 Å². The van der Waals surface area contributed by atoms with Crippen LogP contribution in [0.3, 0.4) is 0 Å². The minimum absolute atomic E-state index is 0.0416. The molecule has 17 heavy (non-hydrogen) atoms. The molecular weight excluding hydrogens is 219 g/mol. The lowest BCUT2D eigenvalue weighted by Crippen LogP contribution is -2.20. The van der Waals surface area contributed by atoms with Gasteiger partial charge in [-0.1, -0.05) is 12.2 Å². The molecule has 0 spiro atoms. The van der Waals surface area contributed by atoms with Gasteiger partial charge in [0.05, 0.1) is 12.5 Å². The van der Waals surface area contributed by atoms with E-state index < -0.39 is 0 Å². The fourth-order valence-electron chi connectivity index (χ4n) is 2.78. The number of fused-ring (bicyclic) bond motifs is 1. The first-order valence-electron chi connectivity index (χ1n) is 6.09. The van der Waals surface area contributed by atoms with Gasteiger partial charge in [0.1, 0.15) is 14.0 Å². The van der Waals surface area contributed by atoms with Crippen LogP contribution in [0.4, 0.5) is 0 Å². The molecule has 94 valence electrons. The molecule has 1 saturated carbocycles. The van der Waals surface area contributed by atoms with Gasteiger partial charge >= 0.3 is 5.97 Å². The number of esters is 1. The van der Waals surface area contributed by atoms with Crippen molar-refractivity contribution in [3.63, 3.8) is 0 Å². The molecular formula is C12H19BO4. The maximum absolute atomic E-state index is 11.3. The molecule has 1 aliphatic heterocycles. The van der Waals surface area contributed by atoms with Gasteiger partial charge in [0.2, 0.25) is 0 Å². The van der Waals surface area contributed by atoms with Crippen molar-refractivity contribution in [3.8, 4) is 0 Å². The van der Waals surface area contributed by atoms with Gasteiger partial charge in [0.15, 0.2) is 0 Å². The van der Waals surface area contributed by atoms with Crippen molar-refractivity contribution >= 4 is 13.8 Å². The number of rotatable bonds is 4. The second-order valence-electron chi connectivity index (χ2n) is 4.81. The Morgan fingerprint density at radius 3 is 2.94 bits per heavy atom. The van der Waals surface area contributed by atoms with E-state index in [0.717, 1.165) is 6.42 Å². The minimum atomic E-state index is -0.0762. The first kappa shape index (κ1) is 12.6. The lowest BCUT2D eigenvalue weighted by atomic mass is 9.89. The third kappa shape index (κ3) is 2.55. The number of carbonyl (C=O) groups is 1. The van der Waals surface area contributed by atoms with Crippen molar-refractivity contribution in [2.45, 2.75) is 31.1 Å². The zero-order valence-corrected chi connectivity index (χ0v) is 10.6. The molecule has 1 aliphatic carbocycles. The summed E-state index contributed by atoms with van der Waals surface area (Å²) in [6.45, 7) is 0. The van der Waals surface area contributed by atoms with Gasteiger partial charge in [-0.3, -0.25) is 4.79 Å². The first-order valence-corrected chi connectivity index (χ1v) is 6.09. The van der Waals surface area contributed by atoms with Crippen molar-refractivity contribution in [1.82, 2.24) is 0 Å². The number of carbonyl (C=O) groups excluding carboxylic acids is 1. The van der Waals surface area contributed by atoms with Crippen LogP contribution in [0.25, 0.3) is 0 Å². The predicted molar refractivity (Wildman–Crippen MR) is 65.4 cm³/mol. The number of hydrogen-bond donors (Lipinski definition) is 0. The van der Waals surface area contributed by atoms with E-state index in [4.69, 9.17) is 14.2 Å². The first-order chi connectivity index (χ1) is 8.15. The summed E-state index contributed by atoms with van der Waals surface area (Å²) in [5.74, 6) is 0.453. The molecule has 5 heteroatoms. The zero-order valence-electron chi connectivity index (χ0n) is 10.6. The Kier molecular flexibility index (Phi) is 3.89. The molecule has 1 saturated heterocycles. The molecule has 0 aromatic rings. The summed E-state index contributed by atoms with van der Waals surface area (Å²) < 4.78 is 16.0. The fourth-order valence-corrected chi connectivity index (χ4v) is 2.78. The largest absolute Gasteiger partial charge is 0.462 e. The Labute approximate surface area is 103 Å². The molecule has 0 bridgehead atoms. The Morgan fingerprint density at radius 2 is 2.29 bits per heavy atom. The number of methoxy groups -OCH3 is 2. The van der Waals surface area contributed by atoms with Crippen LogP contribution in [0.15, 0.2) is 12.2 Å². The topological polar surface area (TPSA) is 44.8 Å². The van der Waals surface area contributed by atoms with E-state index in [1.807, 2.05) is 13.9 Å². The molecule has 0 aromatic carbocycles. The molecule has 0 amide bonds. The average Bonchev–Trinajstić information content (AvgIpc) is 2.81. The summed E-state index contributed by atoms with van der Waals surface area (Å²) in [5.41, 5.74) is 0. The second kappa shape index (κ2) is 5.23. The maximum atomic E-state index is 11.3. The second-order valence-corrected chi connectivity index (χ2v) is 4.81. The van der Waals surface area contributed by atoms with Crippen LogP contribution in [0.2, 0.25) is 0 Å². The smallest absolute Gasteiger partial charge is 0.306 e.